The van der Waals surface area contributed by atoms with Gasteiger partial charge in [0.25, 0.3) is 0 Å². The van der Waals surface area contributed by atoms with Gasteiger partial charge in [0.15, 0.2) is 0 Å². The summed E-state index contributed by atoms with van der Waals surface area (Å²) in [5, 5.41) is 6.60. The van der Waals surface area contributed by atoms with Crippen LogP contribution in [0.15, 0.2) is 6.20 Å². The minimum Gasteiger partial charge on any atom is -0.383 e. The standard InChI is InChI=1S/C8H14N6/c9-7-5(3-13-8(10)14-7)6-4-11-1-2-12-6/h3,6,11-12H,1-2,4H2,(H4,9,10,13,14). The second kappa shape index (κ2) is 3.77. The molecule has 6 heteroatoms. The third kappa shape index (κ3) is 1.75. The van der Waals surface area contributed by atoms with Crippen LogP contribution in [0.3, 0.4) is 0 Å². The summed E-state index contributed by atoms with van der Waals surface area (Å²) >= 11 is 0. The van der Waals surface area contributed by atoms with E-state index in [0.717, 1.165) is 25.2 Å². The van der Waals surface area contributed by atoms with Crippen LogP contribution in [0.5, 0.6) is 0 Å². The Labute approximate surface area is 82.1 Å². The molecule has 6 nitrogen and oxygen atoms in total. The van der Waals surface area contributed by atoms with E-state index in [-0.39, 0.29) is 12.0 Å². The van der Waals surface area contributed by atoms with Crippen molar-refractivity contribution >= 4 is 11.8 Å². The summed E-state index contributed by atoms with van der Waals surface area (Å²) in [6, 6.07) is 0.185. The number of nitrogen functional groups attached to an aromatic ring is 2. The van der Waals surface area contributed by atoms with Crippen molar-refractivity contribution in [2.75, 3.05) is 31.1 Å². The molecule has 1 fully saturated rings. The molecule has 0 bridgehead atoms. The van der Waals surface area contributed by atoms with E-state index in [9.17, 15) is 0 Å². The number of anilines is 2. The highest BCUT2D eigenvalue weighted by Gasteiger charge is 2.17. The Bertz CT molecular complexity index is 320. The van der Waals surface area contributed by atoms with Gasteiger partial charge < -0.3 is 22.1 Å². The van der Waals surface area contributed by atoms with Gasteiger partial charge in [0.1, 0.15) is 5.82 Å². The highest BCUT2D eigenvalue weighted by atomic mass is 15.1. The molecule has 76 valence electrons. The fourth-order valence-electron chi connectivity index (χ4n) is 1.56. The topological polar surface area (TPSA) is 102 Å². The number of piperazine rings is 1. The zero-order valence-electron chi connectivity index (χ0n) is 7.83. The average Bonchev–Trinajstić information content (AvgIpc) is 2.19. The van der Waals surface area contributed by atoms with Gasteiger partial charge in [-0.2, -0.15) is 4.98 Å². The highest BCUT2D eigenvalue weighted by Crippen LogP contribution is 2.18. The van der Waals surface area contributed by atoms with Crippen molar-refractivity contribution in [1.29, 1.82) is 0 Å². The Hall–Kier alpha value is -1.40. The molecule has 1 aromatic heterocycles. The summed E-state index contributed by atoms with van der Waals surface area (Å²) in [6.07, 6.45) is 1.68. The molecule has 6 N–H and O–H groups in total. The van der Waals surface area contributed by atoms with Gasteiger partial charge >= 0.3 is 0 Å². The predicted octanol–water partition coefficient (Wildman–Crippen LogP) is -1.13. The van der Waals surface area contributed by atoms with Crippen LogP contribution in [0, 0.1) is 0 Å². The quantitative estimate of drug-likeness (QED) is 0.451. The monoisotopic (exact) mass is 194 g/mol. The van der Waals surface area contributed by atoms with Crippen LogP contribution in [0.4, 0.5) is 11.8 Å². The fourth-order valence-corrected chi connectivity index (χ4v) is 1.56. The number of nitrogens with one attached hydrogen (secondary N) is 2. The van der Waals surface area contributed by atoms with Crippen molar-refractivity contribution in [2.45, 2.75) is 6.04 Å². The molecule has 1 saturated heterocycles. The first-order valence-electron chi connectivity index (χ1n) is 4.59. The molecular weight excluding hydrogens is 180 g/mol. The van der Waals surface area contributed by atoms with Gasteiger partial charge in [-0.3, -0.25) is 0 Å². The van der Waals surface area contributed by atoms with Crippen molar-refractivity contribution < 1.29 is 0 Å². The summed E-state index contributed by atoms with van der Waals surface area (Å²) < 4.78 is 0. The van der Waals surface area contributed by atoms with Crippen LogP contribution in [0.2, 0.25) is 0 Å². The zero-order valence-corrected chi connectivity index (χ0v) is 7.83. The number of nitrogens with zero attached hydrogens (tertiary/aromatic N) is 2. The Morgan fingerprint density at radius 3 is 2.86 bits per heavy atom. The molecule has 1 aliphatic rings. The van der Waals surface area contributed by atoms with Gasteiger partial charge in [-0.25, -0.2) is 4.98 Å². The van der Waals surface area contributed by atoms with E-state index in [2.05, 4.69) is 20.6 Å². The summed E-state index contributed by atoms with van der Waals surface area (Å²) in [5.41, 5.74) is 12.1. The average molecular weight is 194 g/mol. The highest BCUT2D eigenvalue weighted by molar-refractivity contribution is 5.43. The molecule has 0 saturated carbocycles. The van der Waals surface area contributed by atoms with Crippen LogP contribution in [0.25, 0.3) is 0 Å². The maximum absolute atomic E-state index is 5.75. The summed E-state index contributed by atoms with van der Waals surface area (Å²) in [7, 11) is 0. The maximum atomic E-state index is 5.75. The van der Waals surface area contributed by atoms with E-state index in [1.807, 2.05) is 0 Å². The van der Waals surface area contributed by atoms with Crippen LogP contribution in [-0.2, 0) is 0 Å². The maximum Gasteiger partial charge on any atom is 0.221 e. The largest absolute Gasteiger partial charge is 0.383 e. The first kappa shape index (κ1) is 9.17. The second-order valence-corrected chi connectivity index (χ2v) is 3.28. The van der Waals surface area contributed by atoms with Crippen molar-refractivity contribution in [3.05, 3.63) is 11.8 Å². The molecule has 0 amide bonds. The molecule has 0 spiro atoms. The van der Waals surface area contributed by atoms with Gasteiger partial charge in [-0.15, -0.1) is 0 Å². The van der Waals surface area contributed by atoms with E-state index in [1.54, 1.807) is 6.20 Å². The molecule has 1 unspecified atom stereocenters. The summed E-state index contributed by atoms with van der Waals surface area (Å²) in [5.74, 6) is 0.675. The number of aromatic nitrogens is 2. The van der Waals surface area contributed by atoms with Crippen LogP contribution < -0.4 is 22.1 Å². The number of hydrogen-bond acceptors (Lipinski definition) is 6. The van der Waals surface area contributed by atoms with Crippen molar-refractivity contribution in [2.24, 2.45) is 0 Å². The van der Waals surface area contributed by atoms with Gasteiger partial charge in [-0.1, -0.05) is 0 Å². The lowest BCUT2D eigenvalue weighted by Gasteiger charge is -2.25. The van der Waals surface area contributed by atoms with Crippen molar-refractivity contribution in [3.63, 3.8) is 0 Å². The summed E-state index contributed by atoms with van der Waals surface area (Å²) in [4.78, 5) is 7.86. The molecule has 2 heterocycles. The predicted molar refractivity (Wildman–Crippen MR) is 54.5 cm³/mol. The van der Waals surface area contributed by atoms with Gasteiger partial charge in [0.2, 0.25) is 5.95 Å². The van der Waals surface area contributed by atoms with Crippen LogP contribution in [-0.4, -0.2) is 29.6 Å². The van der Waals surface area contributed by atoms with E-state index in [1.165, 1.54) is 0 Å². The fraction of sp³-hybridized carbons (Fsp3) is 0.500. The SMILES string of the molecule is Nc1ncc(C2CNCCN2)c(N)n1. The number of nitrogens with two attached hydrogens (primary N) is 2. The van der Waals surface area contributed by atoms with Crippen molar-refractivity contribution in [3.8, 4) is 0 Å². The third-order valence-corrected chi connectivity index (χ3v) is 2.28. The normalized spacial score (nSPS) is 22.1. The van der Waals surface area contributed by atoms with E-state index in [4.69, 9.17) is 11.5 Å². The Kier molecular flexibility index (Phi) is 2.47. The zero-order chi connectivity index (χ0) is 9.97. The van der Waals surface area contributed by atoms with E-state index in [0.29, 0.717) is 5.82 Å². The second-order valence-electron chi connectivity index (χ2n) is 3.28. The molecule has 0 aromatic carbocycles. The van der Waals surface area contributed by atoms with Gasteiger partial charge in [0, 0.05) is 37.4 Å². The number of hydrogen-bond donors (Lipinski definition) is 4. The molecule has 2 rings (SSSR count). The van der Waals surface area contributed by atoms with E-state index < -0.39 is 0 Å². The molecular formula is C8H14N6. The van der Waals surface area contributed by atoms with Gasteiger partial charge in [-0.05, 0) is 0 Å². The third-order valence-electron chi connectivity index (χ3n) is 2.28. The Morgan fingerprint density at radius 2 is 2.21 bits per heavy atom. The lowest BCUT2D eigenvalue weighted by molar-refractivity contribution is 0.430. The van der Waals surface area contributed by atoms with E-state index >= 15 is 0 Å². The van der Waals surface area contributed by atoms with Crippen molar-refractivity contribution in [1.82, 2.24) is 20.6 Å². The molecule has 1 atom stereocenters. The minimum absolute atomic E-state index is 0.185. The first-order valence-corrected chi connectivity index (χ1v) is 4.59. The van der Waals surface area contributed by atoms with Crippen LogP contribution in [0.1, 0.15) is 11.6 Å². The first-order chi connectivity index (χ1) is 6.77. The minimum atomic E-state index is 0.185. The molecule has 14 heavy (non-hydrogen) atoms. The Morgan fingerprint density at radius 1 is 1.36 bits per heavy atom. The molecule has 0 radical (unpaired) electrons. The van der Waals surface area contributed by atoms with Crippen LogP contribution >= 0.6 is 0 Å². The number of rotatable bonds is 1. The van der Waals surface area contributed by atoms with Gasteiger partial charge in [0.05, 0.1) is 0 Å². The summed E-state index contributed by atoms with van der Waals surface area (Å²) in [6.45, 7) is 2.75. The smallest absolute Gasteiger partial charge is 0.221 e. The lowest BCUT2D eigenvalue weighted by Crippen LogP contribution is -2.43. The lowest BCUT2D eigenvalue weighted by atomic mass is 10.1. The Balaban J connectivity index is 2.22. The molecule has 1 aliphatic heterocycles. The molecule has 1 aromatic rings. The molecule has 0 aliphatic carbocycles.